The molecule has 0 saturated heterocycles. The van der Waals surface area contributed by atoms with Gasteiger partial charge in [-0.05, 0) is 48.0 Å². The van der Waals surface area contributed by atoms with Crippen LogP contribution in [-0.2, 0) is 22.7 Å². The van der Waals surface area contributed by atoms with E-state index in [2.05, 4.69) is 4.98 Å². The number of carbonyl (C=O) groups excluding carboxylic acids is 1. The minimum Gasteiger partial charge on any atom is -0.493 e. The molecule has 0 unspecified atom stereocenters. The lowest BCUT2D eigenvalue weighted by molar-refractivity contribution is -0.139. The predicted molar refractivity (Wildman–Crippen MR) is 116 cm³/mol. The molecule has 0 bridgehead atoms. The van der Waals surface area contributed by atoms with Gasteiger partial charge >= 0.3 is 5.97 Å². The fourth-order valence-corrected chi connectivity index (χ4v) is 3.29. The van der Waals surface area contributed by atoms with Crippen molar-refractivity contribution >= 4 is 35.0 Å². The fraction of sp³-hybridized carbons (Fsp3) is 0.182. The molecule has 0 amide bonds. The summed E-state index contributed by atoms with van der Waals surface area (Å²) in [4.78, 5) is 16.4. The van der Waals surface area contributed by atoms with Gasteiger partial charge in [-0.1, -0.05) is 17.7 Å². The molecule has 0 aliphatic rings. The molecule has 0 N–H and O–H groups in total. The molecule has 3 aromatic rings. The summed E-state index contributed by atoms with van der Waals surface area (Å²) < 4.78 is 21.3. The fourth-order valence-electron chi connectivity index (χ4n) is 2.47. The quantitative estimate of drug-likeness (QED) is 0.335. The molecule has 2 aromatic carbocycles. The van der Waals surface area contributed by atoms with E-state index in [4.69, 9.17) is 30.5 Å². The number of rotatable bonds is 9. The first-order chi connectivity index (χ1) is 14.6. The van der Waals surface area contributed by atoms with Gasteiger partial charge in [0.05, 0.1) is 19.9 Å². The first-order valence-electron chi connectivity index (χ1n) is 8.96. The highest BCUT2D eigenvalue weighted by Crippen LogP contribution is 2.28. The number of ether oxygens (including phenoxy) is 4. The van der Waals surface area contributed by atoms with Crippen LogP contribution >= 0.6 is 22.9 Å². The van der Waals surface area contributed by atoms with Crippen molar-refractivity contribution in [3.05, 3.63) is 75.2 Å². The largest absolute Gasteiger partial charge is 0.493 e. The molecule has 6 nitrogen and oxygen atoms in total. The lowest BCUT2D eigenvalue weighted by Crippen LogP contribution is -2.01. The molecule has 30 heavy (non-hydrogen) atoms. The number of benzene rings is 2. The van der Waals surface area contributed by atoms with Gasteiger partial charge < -0.3 is 18.9 Å². The molecule has 1 heterocycles. The summed E-state index contributed by atoms with van der Waals surface area (Å²) in [6, 6.07) is 12.5. The number of carbonyl (C=O) groups is 1. The van der Waals surface area contributed by atoms with Gasteiger partial charge in [0, 0.05) is 16.5 Å². The Hall–Kier alpha value is -3.03. The zero-order chi connectivity index (χ0) is 21.3. The Morgan fingerprint density at radius 1 is 1.07 bits per heavy atom. The van der Waals surface area contributed by atoms with Crippen molar-refractivity contribution in [2.24, 2.45) is 0 Å². The van der Waals surface area contributed by atoms with Crippen molar-refractivity contribution in [1.29, 1.82) is 0 Å². The van der Waals surface area contributed by atoms with Crippen molar-refractivity contribution in [3.63, 3.8) is 0 Å². The molecule has 1 aromatic heterocycles. The second-order valence-corrected chi connectivity index (χ2v) is 7.41. The van der Waals surface area contributed by atoms with E-state index in [0.717, 1.165) is 10.6 Å². The topological polar surface area (TPSA) is 66.9 Å². The van der Waals surface area contributed by atoms with Gasteiger partial charge in [0.15, 0.2) is 11.5 Å². The van der Waals surface area contributed by atoms with E-state index < -0.39 is 5.97 Å². The second kappa shape index (κ2) is 10.7. The Kier molecular flexibility index (Phi) is 7.70. The summed E-state index contributed by atoms with van der Waals surface area (Å²) in [5.74, 6) is 1.46. The number of esters is 1. The Bertz CT molecular complexity index is 1020. The normalized spacial score (nSPS) is 10.8. The van der Waals surface area contributed by atoms with Crippen molar-refractivity contribution in [3.8, 4) is 17.2 Å². The molecule has 0 saturated carbocycles. The molecular formula is C22H20ClNO5S. The number of aromatic nitrogens is 1. The third-order valence-electron chi connectivity index (χ3n) is 3.96. The van der Waals surface area contributed by atoms with Crippen LogP contribution in [0.15, 0.2) is 53.9 Å². The van der Waals surface area contributed by atoms with Crippen LogP contribution in [0.25, 0.3) is 6.08 Å². The van der Waals surface area contributed by atoms with Gasteiger partial charge in [0.25, 0.3) is 0 Å². The maximum absolute atomic E-state index is 12.0. The van der Waals surface area contributed by atoms with Crippen molar-refractivity contribution < 1.29 is 23.7 Å². The molecule has 0 radical (unpaired) electrons. The van der Waals surface area contributed by atoms with Gasteiger partial charge in [0.2, 0.25) is 0 Å². The van der Waals surface area contributed by atoms with Crippen LogP contribution in [0.5, 0.6) is 17.2 Å². The first-order valence-corrected chi connectivity index (χ1v) is 10.2. The number of hydrogen-bond donors (Lipinski definition) is 0. The van der Waals surface area contributed by atoms with E-state index in [-0.39, 0.29) is 6.61 Å². The van der Waals surface area contributed by atoms with Gasteiger partial charge in [0.1, 0.15) is 24.0 Å². The zero-order valence-electron chi connectivity index (χ0n) is 16.5. The summed E-state index contributed by atoms with van der Waals surface area (Å²) in [6.45, 7) is 0.423. The third kappa shape index (κ3) is 6.23. The Balaban J connectivity index is 1.48. The Morgan fingerprint density at radius 3 is 2.57 bits per heavy atom. The summed E-state index contributed by atoms with van der Waals surface area (Å²) in [6.07, 6.45) is 3.01. The molecule has 0 fully saturated rings. The molecule has 3 rings (SSSR count). The van der Waals surface area contributed by atoms with Gasteiger partial charge in [-0.2, -0.15) is 0 Å². The van der Waals surface area contributed by atoms with Crippen LogP contribution in [0, 0.1) is 0 Å². The maximum atomic E-state index is 12.0. The molecule has 0 spiro atoms. The number of methoxy groups -OCH3 is 2. The predicted octanol–water partition coefficient (Wildman–Crippen LogP) is 5.15. The SMILES string of the molecule is COc1ccc(/C=C/C(=O)OCc2csc(COc3ccc(Cl)cc3)n2)cc1OC. The van der Waals surface area contributed by atoms with Crippen molar-refractivity contribution in [2.45, 2.75) is 13.2 Å². The van der Waals surface area contributed by atoms with E-state index in [9.17, 15) is 4.79 Å². The number of hydrogen-bond acceptors (Lipinski definition) is 7. The van der Waals surface area contributed by atoms with Gasteiger partial charge in [-0.3, -0.25) is 0 Å². The van der Waals surface area contributed by atoms with Crippen LogP contribution in [-0.4, -0.2) is 25.2 Å². The number of nitrogens with zero attached hydrogens (tertiary/aromatic N) is 1. The Morgan fingerprint density at radius 2 is 1.83 bits per heavy atom. The van der Waals surface area contributed by atoms with Crippen LogP contribution < -0.4 is 14.2 Å². The lowest BCUT2D eigenvalue weighted by Gasteiger charge is -2.07. The van der Waals surface area contributed by atoms with E-state index in [0.29, 0.717) is 34.6 Å². The number of halogens is 1. The minimum atomic E-state index is -0.461. The lowest BCUT2D eigenvalue weighted by atomic mass is 10.2. The van der Waals surface area contributed by atoms with Crippen LogP contribution in [0.1, 0.15) is 16.3 Å². The summed E-state index contributed by atoms with van der Waals surface area (Å²) in [5.41, 5.74) is 1.46. The first kappa shape index (κ1) is 21.7. The standard InChI is InChI=1S/C22H20ClNO5S/c1-26-19-9-3-15(11-20(19)27-2)4-10-22(25)29-12-17-14-30-21(24-17)13-28-18-7-5-16(23)6-8-18/h3-11,14H,12-13H2,1-2H3/b10-4+. The van der Waals surface area contributed by atoms with Crippen LogP contribution in [0.2, 0.25) is 5.02 Å². The van der Waals surface area contributed by atoms with Gasteiger partial charge in [-0.15, -0.1) is 11.3 Å². The monoisotopic (exact) mass is 445 g/mol. The van der Waals surface area contributed by atoms with Crippen molar-refractivity contribution in [1.82, 2.24) is 4.98 Å². The number of thiazole rings is 1. The minimum absolute atomic E-state index is 0.0898. The smallest absolute Gasteiger partial charge is 0.331 e. The van der Waals surface area contributed by atoms with Gasteiger partial charge in [-0.25, -0.2) is 9.78 Å². The molecule has 0 aliphatic carbocycles. The van der Waals surface area contributed by atoms with Crippen LogP contribution in [0.3, 0.4) is 0 Å². The average Bonchev–Trinajstić information content (AvgIpc) is 3.23. The molecule has 156 valence electrons. The van der Waals surface area contributed by atoms with E-state index in [1.165, 1.54) is 17.4 Å². The highest BCUT2D eigenvalue weighted by atomic mass is 35.5. The van der Waals surface area contributed by atoms with Crippen molar-refractivity contribution in [2.75, 3.05) is 14.2 Å². The molecule has 0 aliphatic heterocycles. The molecule has 8 heteroatoms. The third-order valence-corrected chi connectivity index (χ3v) is 5.08. The van der Waals surface area contributed by atoms with E-state index >= 15 is 0 Å². The Labute approximate surface area is 183 Å². The highest BCUT2D eigenvalue weighted by Gasteiger charge is 2.07. The summed E-state index contributed by atoms with van der Waals surface area (Å²) in [7, 11) is 3.13. The molecular weight excluding hydrogens is 426 g/mol. The summed E-state index contributed by atoms with van der Waals surface area (Å²) in [5, 5.41) is 3.28. The molecule has 0 atom stereocenters. The van der Waals surface area contributed by atoms with E-state index in [1.807, 2.05) is 11.4 Å². The zero-order valence-corrected chi connectivity index (χ0v) is 18.0. The average molecular weight is 446 g/mol. The van der Waals surface area contributed by atoms with Crippen LogP contribution in [0.4, 0.5) is 0 Å². The maximum Gasteiger partial charge on any atom is 0.331 e. The summed E-state index contributed by atoms with van der Waals surface area (Å²) >= 11 is 7.30. The van der Waals surface area contributed by atoms with E-state index in [1.54, 1.807) is 56.7 Å². The second-order valence-electron chi connectivity index (χ2n) is 6.03. The highest BCUT2D eigenvalue weighted by molar-refractivity contribution is 7.09.